The summed E-state index contributed by atoms with van der Waals surface area (Å²) >= 11 is 5.56. The second-order valence-electron chi connectivity index (χ2n) is 4.16. The van der Waals surface area contributed by atoms with Gasteiger partial charge in [-0.15, -0.1) is 11.6 Å². The van der Waals surface area contributed by atoms with Crippen LogP contribution in [0, 0.1) is 0 Å². The summed E-state index contributed by atoms with van der Waals surface area (Å²) in [6.45, 7) is 1.41. The fourth-order valence-corrected chi connectivity index (χ4v) is 1.60. The fraction of sp³-hybridized carbons (Fsp3) is 0.385. The summed E-state index contributed by atoms with van der Waals surface area (Å²) in [4.78, 5) is 22.6. The molecule has 1 amide bonds. The average molecular weight is 302 g/mol. The van der Waals surface area contributed by atoms with Crippen LogP contribution in [0.25, 0.3) is 0 Å². The molecule has 0 radical (unpaired) electrons. The number of rotatable bonds is 6. The first-order valence-corrected chi connectivity index (χ1v) is 6.29. The lowest BCUT2D eigenvalue weighted by Crippen LogP contribution is -2.47. The van der Waals surface area contributed by atoms with Crippen molar-refractivity contribution in [1.82, 2.24) is 5.32 Å². The van der Waals surface area contributed by atoms with Crippen LogP contribution in [0.1, 0.15) is 18.6 Å². The van der Waals surface area contributed by atoms with Gasteiger partial charge in [0.15, 0.2) is 6.04 Å². The molecule has 1 aromatic rings. The topological polar surface area (TPSA) is 95.9 Å². The molecule has 3 atom stereocenters. The van der Waals surface area contributed by atoms with E-state index in [-0.39, 0.29) is 0 Å². The predicted octanol–water partition coefficient (Wildman–Crippen LogP) is 0.925. The number of aliphatic hydroxyl groups is 1. The number of methoxy groups -OCH3 is 1. The van der Waals surface area contributed by atoms with Gasteiger partial charge in [0, 0.05) is 0 Å². The molecule has 0 saturated carbocycles. The van der Waals surface area contributed by atoms with Gasteiger partial charge in [-0.1, -0.05) is 12.1 Å². The molecule has 7 heteroatoms. The lowest BCUT2D eigenvalue weighted by molar-refractivity contribution is -0.145. The van der Waals surface area contributed by atoms with Gasteiger partial charge in [-0.25, -0.2) is 4.79 Å². The highest BCUT2D eigenvalue weighted by molar-refractivity contribution is 6.30. The number of halogens is 1. The van der Waals surface area contributed by atoms with Crippen LogP contribution in [0.15, 0.2) is 24.3 Å². The zero-order valence-electron chi connectivity index (χ0n) is 11.0. The lowest BCUT2D eigenvalue weighted by Gasteiger charge is -2.21. The van der Waals surface area contributed by atoms with E-state index in [9.17, 15) is 14.7 Å². The number of carbonyl (C=O) groups is 2. The van der Waals surface area contributed by atoms with Crippen molar-refractivity contribution >= 4 is 23.5 Å². The Bertz CT molecular complexity index is 474. The Morgan fingerprint density at radius 1 is 1.30 bits per heavy atom. The van der Waals surface area contributed by atoms with Gasteiger partial charge >= 0.3 is 5.97 Å². The quantitative estimate of drug-likeness (QED) is 0.679. The third-order valence-corrected chi connectivity index (χ3v) is 2.90. The first-order valence-electron chi connectivity index (χ1n) is 5.86. The Labute approximate surface area is 121 Å². The Balaban J connectivity index is 2.90. The van der Waals surface area contributed by atoms with Crippen LogP contribution in [0.2, 0.25) is 0 Å². The molecule has 20 heavy (non-hydrogen) atoms. The summed E-state index contributed by atoms with van der Waals surface area (Å²) in [6.07, 6.45) is -1.39. The number of carboxylic acids is 1. The third kappa shape index (κ3) is 4.11. The van der Waals surface area contributed by atoms with E-state index >= 15 is 0 Å². The number of aliphatic hydroxyl groups excluding tert-OH is 1. The van der Waals surface area contributed by atoms with E-state index in [2.05, 4.69) is 5.32 Å². The summed E-state index contributed by atoms with van der Waals surface area (Å²) in [5.41, 5.74) is 0.348. The van der Waals surface area contributed by atoms with Crippen LogP contribution in [-0.2, 0) is 9.59 Å². The maximum Gasteiger partial charge on any atom is 0.329 e. The number of carboxylic acid groups (broad SMARTS) is 1. The number of nitrogens with one attached hydrogen (secondary N) is 1. The SMILES string of the molecule is COc1ccc(C(O)C(NC(=O)C(C)Cl)C(=O)O)cc1. The molecule has 0 aliphatic heterocycles. The molecule has 0 saturated heterocycles. The molecule has 0 spiro atoms. The normalized spacial score (nSPS) is 15.0. The minimum absolute atomic E-state index is 0.348. The number of alkyl halides is 1. The fourth-order valence-electron chi connectivity index (χ4n) is 1.54. The Morgan fingerprint density at radius 2 is 1.85 bits per heavy atom. The molecule has 1 aromatic carbocycles. The molecule has 1 rings (SSSR count). The van der Waals surface area contributed by atoms with Gasteiger partial charge in [-0.05, 0) is 24.6 Å². The van der Waals surface area contributed by atoms with E-state index in [0.717, 1.165) is 0 Å². The van der Waals surface area contributed by atoms with E-state index in [1.165, 1.54) is 26.2 Å². The molecule has 0 aliphatic rings. The standard InChI is InChI=1S/C13H16ClNO5/c1-7(14)12(17)15-10(13(18)19)11(16)8-3-5-9(20-2)6-4-8/h3-7,10-11,16H,1-2H3,(H,15,17)(H,18,19). The van der Waals surface area contributed by atoms with Gasteiger partial charge < -0.3 is 20.3 Å². The van der Waals surface area contributed by atoms with E-state index in [0.29, 0.717) is 11.3 Å². The zero-order chi connectivity index (χ0) is 15.3. The minimum Gasteiger partial charge on any atom is -0.497 e. The lowest BCUT2D eigenvalue weighted by atomic mass is 10.0. The monoisotopic (exact) mass is 301 g/mol. The summed E-state index contributed by atoms with van der Waals surface area (Å²) in [5.74, 6) is -1.43. The molecule has 0 bridgehead atoms. The molecule has 6 nitrogen and oxygen atoms in total. The number of hydrogen-bond donors (Lipinski definition) is 3. The van der Waals surface area contributed by atoms with Crippen molar-refractivity contribution in [1.29, 1.82) is 0 Å². The number of benzene rings is 1. The number of hydrogen-bond acceptors (Lipinski definition) is 4. The maximum atomic E-state index is 11.5. The van der Waals surface area contributed by atoms with Crippen molar-refractivity contribution in [2.75, 3.05) is 7.11 Å². The largest absolute Gasteiger partial charge is 0.497 e. The highest BCUT2D eigenvalue weighted by Gasteiger charge is 2.30. The first-order chi connectivity index (χ1) is 9.36. The highest BCUT2D eigenvalue weighted by Crippen LogP contribution is 2.20. The Morgan fingerprint density at radius 3 is 2.25 bits per heavy atom. The third-order valence-electron chi connectivity index (χ3n) is 2.70. The summed E-state index contributed by atoms with van der Waals surface area (Å²) < 4.78 is 4.97. The zero-order valence-corrected chi connectivity index (χ0v) is 11.8. The summed E-state index contributed by atoms with van der Waals surface area (Å²) in [5, 5.41) is 20.5. The van der Waals surface area contributed by atoms with E-state index in [4.69, 9.17) is 21.4 Å². The van der Waals surface area contributed by atoms with Crippen LogP contribution in [0.3, 0.4) is 0 Å². The van der Waals surface area contributed by atoms with E-state index in [1.54, 1.807) is 12.1 Å². The Hall–Kier alpha value is -1.79. The molecule has 0 aliphatic carbocycles. The number of carbonyl (C=O) groups excluding carboxylic acids is 1. The smallest absolute Gasteiger partial charge is 0.329 e. The second-order valence-corrected chi connectivity index (χ2v) is 4.81. The molecule has 0 fully saturated rings. The Kier molecular flexibility index (Phi) is 5.79. The molecule has 110 valence electrons. The molecular weight excluding hydrogens is 286 g/mol. The van der Waals surface area contributed by atoms with Crippen molar-refractivity contribution in [3.63, 3.8) is 0 Å². The van der Waals surface area contributed by atoms with Gasteiger partial charge in [0.1, 0.15) is 17.2 Å². The summed E-state index contributed by atoms with van der Waals surface area (Å²) in [7, 11) is 1.49. The van der Waals surface area contributed by atoms with E-state index in [1.807, 2.05) is 0 Å². The van der Waals surface area contributed by atoms with Crippen molar-refractivity contribution in [2.24, 2.45) is 0 Å². The molecule has 3 unspecified atom stereocenters. The van der Waals surface area contributed by atoms with Crippen LogP contribution in [0.4, 0.5) is 0 Å². The maximum absolute atomic E-state index is 11.5. The predicted molar refractivity (Wildman–Crippen MR) is 72.8 cm³/mol. The molecular formula is C13H16ClNO5. The molecule has 0 aromatic heterocycles. The van der Waals surface area contributed by atoms with E-state index < -0.39 is 29.4 Å². The van der Waals surface area contributed by atoms with Crippen molar-refractivity contribution in [2.45, 2.75) is 24.4 Å². The first kappa shape index (κ1) is 16.3. The highest BCUT2D eigenvalue weighted by atomic mass is 35.5. The van der Waals surface area contributed by atoms with Gasteiger partial charge in [-0.2, -0.15) is 0 Å². The van der Waals surface area contributed by atoms with Crippen molar-refractivity contribution in [3.05, 3.63) is 29.8 Å². The number of amides is 1. The molecule has 0 heterocycles. The van der Waals surface area contributed by atoms with Crippen LogP contribution < -0.4 is 10.1 Å². The number of ether oxygens (including phenoxy) is 1. The van der Waals surface area contributed by atoms with Crippen LogP contribution in [-0.4, -0.2) is 40.6 Å². The summed E-state index contributed by atoms with van der Waals surface area (Å²) in [6, 6.07) is 4.75. The van der Waals surface area contributed by atoms with Gasteiger partial charge in [-0.3, -0.25) is 4.79 Å². The van der Waals surface area contributed by atoms with Gasteiger partial charge in [0.2, 0.25) is 5.91 Å². The number of aliphatic carboxylic acids is 1. The average Bonchev–Trinajstić information content (AvgIpc) is 2.43. The second kappa shape index (κ2) is 7.12. The van der Waals surface area contributed by atoms with Gasteiger partial charge in [0.25, 0.3) is 0 Å². The minimum atomic E-state index is -1.47. The van der Waals surface area contributed by atoms with Crippen molar-refractivity contribution in [3.8, 4) is 5.75 Å². The van der Waals surface area contributed by atoms with Crippen LogP contribution in [0.5, 0.6) is 5.75 Å². The van der Waals surface area contributed by atoms with Crippen LogP contribution >= 0.6 is 11.6 Å². The molecule has 3 N–H and O–H groups in total. The van der Waals surface area contributed by atoms with Crippen molar-refractivity contribution < 1.29 is 24.5 Å². The van der Waals surface area contributed by atoms with Gasteiger partial charge in [0.05, 0.1) is 7.11 Å².